The third kappa shape index (κ3) is 8.83. The Morgan fingerprint density at radius 3 is 2.67 bits per heavy atom. The van der Waals surface area contributed by atoms with Crippen molar-refractivity contribution in [1.82, 2.24) is 19.9 Å². The molecule has 0 bridgehead atoms. The summed E-state index contributed by atoms with van der Waals surface area (Å²) >= 11 is 6.23. The van der Waals surface area contributed by atoms with Gasteiger partial charge in [0.1, 0.15) is 5.65 Å². The van der Waals surface area contributed by atoms with E-state index in [1.54, 1.807) is 37.4 Å². The van der Waals surface area contributed by atoms with Crippen molar-refractivity contribution in [1.29, 1.82) is 0 Å². The molecule has 224 valence electrons. The smallest absolute Gasteiger partial charge is 0.354 e. The molecule has 7 N–H and O–H groups in total. The molecule has 0 saturated carbocycles. The average molecular weight is 596 g/mol. The number of aromatic amines is 1. The van der Waals surface area contributed by atoms with E-state index in [0.717, 1.165) is 44.0 Å². The Labute approximate surface area is 250 Å². The van der Waals surface area contributed by atoms with Crippen molar-refractivity contribution in [3.63, 3.8) is 0 Å². The van der Waals surface area contributed by atoms with Gasteiger partial charge in [0.25, 0.3) is 0 Å². The lowest BCUT2D eigenvalue weighted by molar-refractivity contribution is 0.399. The molecule has 0 aliphatic carbocycles. The first-order valence-electron chi connectivity index (χ1n) is 13.7. The second kappa shape index (κ2) is 16.0. The first-order valence-corrected chi connectivity index (χ1v) is 14.1. The molecule has 0 amide bonds. The molecule has 42 heavy (non-hydrogen) atoms. The highest BCUT2D eigenvalue weighted by atomic mass is 35.5. The number of hydrogen-bond donors (Lipinski definition) is 5. The van der Waals surface area contributed by atoms with Gasteiger partial charge in [0.15, 0.2) is 5.82 Å². The van der Waals surface area contributed by atoms with Gasteiger partial charge in [0, 0.05) is 43.4 Å². The van der Waals surface area contributed by atoms with Gasteiger partial charge in [-0.1, -0.05) is 29.8 Å². The minimum absolute atomic E-state index is 0.0421. The third-order valence-electron chi connectivity index (χ3n) is 6.61. The lowest BCUT2D eigenvalue weighted by Crippen LogP contribution is -2.20. The third-order valence-corrected chi connectivity index (χ3v) is 6.88. The Kier molecular flexibility index (Phi) is 12.4. The molecule has 11 heteroatoms. The fourth-order valence-electron chi connectivity index (χ4n) is 4.44. The van der Waals surface area contributed by atoms with E-state index in [4.69, 9.17) is 28.2 Å². The highest BCUT2D eigenvalue weighted by Gasteiger charge is 2.15. The fraction of sp³-hybridized carbons (Fsp3) is 0.323. The van der Waals surface area contributed by atoms with Crippen molar-refractivity contribution < 1.29 is 9.50 Å². The number of aryl methyl sites for hydroxylation is 1. The molecule has 2 aromatic heterocycles. The molecule has 2 aromatic carbocycles. The zero-order valence-corrected chi connectivity index (χ0v) is 24.8. The molecular weight excluding hydrogens is 557 g/mol. The average Bonchev–Trinajstić information content (AvgIpc) is 3.39. The topological polar surface area (TPSA) is 147 Å². The van der Waals surface area contributed by atoms with Gasteiger partial charge >= 0.3 is 5.69 Å². The van der Waals surface area contributed by atoms with Gasteiger partial charge in [0.2, 0.25) is 0 Å². The number of rotatable bonds is 13. The first kappa shape index (κ1) is 32.7. The molecule has 0 spiro atoms. The van der Waals surface area contributed by atoms with Gasteiger partial charge in [-0.3, -0.25) is 9.56 Å². The largest absolute Gasteiger partial charge is 0.400 e. The van der Waals surface area contributed by atoms with Crippen LogP contribution in [0.15, 0.2) is 71.1 Å². The van der Waals surface area contributed by atoms with Crippen molar-refractivity contribution in [2.45, 2.75) is 45.2 Å². The van der Waals surface area contributed by atoms with Gasteiger partial charge in [-0.05, 0) is 80.6 Å². The van der Waals surface area contributed by atoms with Gasteiger partial charge in [-0.15, -0.1) is 6.58 Å². The maximum atomic E-state index is 15.1. The minimum atomic E-state index is -0.526. The van der Waals surface area contributed by atoms with Crippen LogP contribution in [0, 0.1) is 5.82 Å². The number of nitrogens with one attached hydrogen (secondary N) is 2. The van der Waals surface area contributed by atoms with Gasteiger partial charge in [0.05, 0.1) is 22.2 Å². The van der Waals surface area contributed by atoms with Crippen molar-refractivity contribution in [3.05, 3.63) is 93.8 Å². The summed E-state index contributed by atoms with van der Waals surface area (Å²) in [5.74, 6) is 0.0676. The normalized spacial score (nSPS) is 12.2. The monoisotopic (exact) mass is 595 g/mol. The van der Waals surface area contributed by atoms with E-state index in [0.29, 0.717) is 53.3 Å². The Balaban J connectivity index is 0.00000237. The van der Waals surface area contributed by atoms with Crippen LogP contribution in [0.1, 0.15) is 37.3 Å². The lowest BCUT2D eigenvalue weighted by atomic mass is 10.0. The molecule has 0 fully saturated rings. The first-order chi connectivity index (χ1) is 20.2. The van der Waals surface area contributed by atoms with Crippen molar-refractivity contribution in [2.75, 3.05) is 20.2 Å². The quantitative estimate of drug-likeness (QED) is 0.0666. The Morgan fingerprint density at radius 2 is 1.98 bits per heavy atom. The van der Waals surface area contributed by atoms with E-state index in [9.17, 15) is 4.79 Å². The molecule has 9 nitrogen and oxygen atoms in total. The number of halogens is 2. The molecule has 1 unspecified atom stereocenters. The number of benzene rings is 2. The van der Waals surface area contributed by atoms with Crippen LogP contribution in [-0.4, -0.2) is 51.7 Å². The molecule has 0 aliphatic rings. The molecule has 0 aliphatic heterocycles. The molecule has 4 aromatic rings. The molecule has 4 rings (SSSR count). The molecular formula is C31H39ClFN7O2. The second-order valence-corrected chi connectivity index (χ2v) is 10.2. The lowest BCUT2D eigenvalue weighted by Gasteiger charge is -2.09. The van der Waals surface area contributed by atoms with E-state index in [-0.39, 0.29) is 11.1 Å². The van der Waals surface area contributed by atoms with Crippen molar-refractivity contribution >= 4 is 28.5 Å². The van der Waals surface area contributed by atoms with Crippen LogP contribution in [0.5, 0.6) is 0 Å². The number of hydrogen-bond acceptors (Lipinski definition) is 6. The van der Waals surface area contributed by atoms with Crippen molar-refractivity contribution in [2.24, 2.45) is 16.5 Å². The predicted molar refractivity (Wildman–Crippen MR) is 170 cm³/mol. The summed E-state index contributed by atoms with van der Waals surface area (Å²) in [6.45, 7) is 7.71. The molecule has 1 atom stereocenters. The molecule has 0 saturated heterocycles. The number of aliphatic imine (C=N–C) groups is 1. The van der Waals surface area contributed by atoms with E-state index < -0.39 is 11.5 Å². The number of nitrogens with zero attached hydrogens (tertiary/aromatic N) is 3. The molecule has 0 radical (unpaired) electrons. The van der Waals surface area contributed by atoms with Gasteiger partial charge in [-0.25, -0.2) is 9.18 Å². The Hall–Kier alpha value is -3.83. The number of amidine groups is 1. The number of aliphatic hydroxyl groups is 1. The highest BCUT2D eigenvalue weighted by molar-refractivity contribution is 6.31. The summed E-state index contributed by atoms with van der Waals surface area (Å²) in [6, 6.07) is 12.8. The van der Waals surface area contributed by atoms with Crippen LogP contribution < -0.4 is 22.5 Å². The maximum Gasteiger partial charge on any atom is 0.354 e. The minimum Gasteiger partial charge on any atom is -0.400 e. The summed E-state index contributed by atoms with van der Waals surface area (Å²) in [6.07, 6.45) is 6.62. The van der Waals surface area contributed by atoms with Crippen LogP contribution in [0.4, 0.5) is 4.39 Å². The highest BCUT2D eigenvalue weighted by Crippen LogP contribution is 2.31. The summed E-state index contributed by atoms with van der Waals surface area (Å²) in [5.41, 5.74) is 14.9. The van der Waals surface area contributed by atoms with E-state index in [2.05, 4.69) is 26.9 Å². The number of H-pyrrole nitrogens is 1. The Bertz CT molecular complexity index is 1560. The second-order valence-electron chi connectivity index (χ2n) is 9.83. The number of aliphatic hydroxyl groups excluding tert-OH is 1. The number of aromatic nitrogens is 3. The van der Waals surface area contributed by atoms with E-state index >= 15 is 4.39 Å². The zero-order chi connectivity index (χ0) is 30.6. The fourth-order valence-corrected chi connectivity index (χ4v) is 4.68. The van der Waals surface area contributed by atoms with Crippen LogP contribution in [-0.2, 0) is 13.0 Å². The van der Waals surface area contributed by atoms with Gasteiger partial charge < -0.3 is 26.9 Å². The number of nitrogens with two attached hydrogens (primary N) is 2. The maximum absolute atomic E-state index is 15.1. The SMILES string of the molecule is C=CC(N)CCCc1cc(Cl)c(F)c(-c2cc3cn(-c4ccc(CNCCCN=C(C)N)cc4)c(=O)nc3[nH]2)c1.CO. The number of fused-ring (bicyclic) bond motifs is 1. The van der Waals surface area contributed by atoms with Crippen LogP contribution in [0.3, 0.4) is 0 Å². The van der Waals surface area contributed by atoms with E-state index in [1.165, 1.54) is 4.57 Å². The van der Waals surface area contributed by atoms with Gasteiger partial charge in [-0.2, -0.15) is 4.98 Å². The zero-order valence-electron chi connectivity index (χ0n) is 24.0. The van der Waals surface area contributed by atoms with Crippen LogP contribution in [0.2, 0.25) is 5.02 Å². The summed E-state index contributed by atoms with van der Waals surface area (Å²) in [4.78, 5) is 24.3. The summed E-state index contributed by atoms with van der Waals surface area (Å²) in [7, 11) is 1.00. The summed E-state index contributed by atoms with van der Waals surface area (Å²) in [5, 5.41) is 11.1. The molecule has 2 heterocycles. The predicted octanol–water partition coefficient (Wildman–Crippen LogP) is 4.47. The van der Waals surface area contributed by atoms with Crippen LogP contribution in [0.25, 0.3) is 28.0 Å². The standard InChI is InChI=1S/C30H35ClFN7O.CH4O/c1-3-23(34)7-4-6-21-14-25(28(32)26(31)15-21)27-16-22-18-39(30(40)38-29(22)37-27)24-10-8-20(9-11-24)17-35-12-5-13-36-19(2)33;1-2/h3,8-11,14-16,18,23,35H,1,4-7,12-13,17,34H2,2H3,(H2,33,36)(H,37,38,40);2H,1H3. The van der Waals surface area contributed by atoms with E-state index in [1.807, 2.05) is 24.3 Å². The van der Waals surface area contributed by atoms with Crippen LogP contribution >= 0.6 is 11.6 Å². The Morgan fingerprint density at radius 1 is 1.24 bits per heavy atom. The summed E-state index contributed by atoms with van der Waals surface area (Å²) < 4.78 is 16.5. The van der Waals surface area contributed by atoms with Crippen molar-refractivity contribution in [3.8, 4) is 16.9 Å².